The van der Waals surface area contributed by atoms with Crippen molar-refractivity contribution < 1.29 is 4.74 Å². The summed E-state index contributed by atoms with van der Waals surface area (Å²) in [5.74, 6) is 0. The summed E-state index contributed by atoms with van der Waals surface area (Å²) in [4.78, 5) is 1.25. The average Bonchev–Trinajstić information content (AvgIpc) is 2.60. The van der Waals surface area contributed by atoms with E-state index in [0.717, 1.165) is 0 Å². The Morgan fingerprint density at radius 3 is 3.00 bits per heavy atom. The molecule has 0 aliphatic heterocycles. The molecule has 0 atom stereocenters. The van der Waals surface area contributed by atoms with Crippen LogP contribution in [0.15, 0.2) is 24.3 Å². The first-order chi connectivity index (χ1) is 6.85. The largest absolute Gasteiger partial charge is 0.379 e. The Morgan fingerprint density at radius 2 is 2.29 bits per heavy atom. The van der Waals surface area contributed by atoms with Crippen molar-refractivity contribution in [3.63, 3.8) is 0 Å². The summed E-state index contributed by atoms with van der Waals surface area (Å²) in [7, 11) is 1.72. The van der Waals surface area contributed by atoms with E-state index in [-0.39, 0.29) is 0 Å². The molecule has 0 saturated heterocycles. The van der Waals surface area contributed by atoms with E-state index in [4.69, 9.17) is 10.5 Å². The van der Waals surface area contributed by atoms with Gasteiger partial charge in [-0.2, -0.15) is 0 Å². The number of nitrogens with two attached hydrogens (primary N) is 1. The first kappa shape index (κ1) is 9.65. The van der Waals surface area contributed by atoms with Gasteiger partial charge in [0.1, 0.15) is 0 Å². The molecule has 3 heteroatoms. The van der Waals surface area contributed by atoms with Crippen molar-refractivity contribution in [2.45, 2.75) is 13.2 Å². The maximum atomic E-state index is 5.67. The first-order valence-corrected chi connectivity index (χ1v) is 5.36. The van der Waals surface area contributed by atoms with Gasteiger partial charge in [-0.3, -0.25) is 0 Å². The zero-order valence-corrected chi connectivity index (χ0v) is 8.93. The van der Waals surface area contributed by atoms with E-state index in [1.54, 1.807) is 18.4 Å². The van der Waals surface area contributed by atoms with Gasteiger partial charge in [0.15, 0.2) is 0 Å². The number of fused-ring (bicyclic) bond motifs is 1. The second-order valence-electron chi connectivity index (χ2n) is 3.19. The van der Waals surface area contributed by atoms with Gasteiger partial charge in [-0.1, -0.05) is 18.2 Å². The fraction of sp³-hybridized carbons (Fsp3) is 0.273. The Morgan fingerprint density at radius 1 is 1.43 bits per heavy atom. The summed E-state index contributed by atoms with van der Waals surface area (Å²) in [5, 5.41) is 1.27. The smallest absolute Gasteiger partial charge is 0.0806 e. The standard InChI is InChI=1S/C11H13NOS/c1-13-7-10-5-8-3-2-4-9(6-12)11(8)14-10/h2-5H,6-7,12H2,1H3. The van der Waals surface area contributed by atoms with Crippen LogP contribution in [0.1, 0.15) is 10.4 Å². The van der Waals surface area contributed by atoms with Crippen molar-refractivity contribution in [3.8, 4) is 0 Å². The minimum absolute atomic E-state index is 0.601. The van der Waals surface area contributed by atoms with Crippen LogP contribution in [0.25, 0.3) is 10.1 Å². The Hall–Kier alpha value is -0.900. The van der Waals surface area contributed by atoms with Gasteiger partial charge in [0, 0.05) is 23.2 Å². The Kier molecular flexibility index (Phi) is 2.82. The van der Waals surface area contributed by atoms with Crippen LogP contribution in [-0.2, 0) is 17.9 Å². The predicted molar refractivity (Wildman–Crippen MR) is 60.4 cm³/mol. The number of benzene rings is 1. The molecule has 1 heterocycles. The highest BCUT2D eigenvalue weighted by molar-refractivity contribution is 7.19. The summed E-state index contributed by atoms with van der Waals surface area (Å²) in [6.07, 6.45) is 0. The summed E-state index contributed by atoms with van der Waals surface area (Å²) in [6, 6.07) is 8.41. The van der Waals surface area contributed by atoms with Gasteiger partial charge in [-0.05, 0) is 17.0 Å². The van der Waals surface area contributed by atoms with Crippen molar-refractivity contribution in [1.29, 1.82) is 0 Å². The molecule has 74 valence electrons. The second-order valence-corrected chi connectivity index (χ2v) is 4.32. The van der Waals surface area contributed by atoms with Gasteiger partial charge in [0.25, 0.3) is 0 Å². The minimum atomic E-state index is 0.601. The molecule has 0 spiro atoms. The van der Waals surface area contributed by atoms with Crippen molar-refractivity contribution in [1.82, 2.24) is 0 Å². The Bertz CT molecular complexity index is 436. The Balaban J connectivity index is 2.52. The number of methoxy groups -OCH3 is 1. The van der Waals surface area contributed by atoms with Crippen LogP contribution < -0.4 is 5.73 Å². The van der Waals surface area contributed by atoms with Gasteiger partial charge in [-0.15, -0.1) is 11.3 Å². The molecule has 2 aromatic rings. The third kappa shape index (κ3) is 1.66. The second kappa shape index (κ2) is 4.09. The lowest BCUT2D eigenvalue weighted by atomic mass is 10.1. The summed E-state index contributed by atoms with van der Waals surface area (Å²) in [6.45, 7) is 1.29. The third-order valence-corrected chi connectivity index (χ3v) is 3.38. The van der Waals surface area contributed by atoms with Crippen LogP contribution in [0.5, 0.6) is 0 Å². The molecule has 2 nitrogen and oxygen atoms in total. The van der Waals surface area contributed by atoms with Gasteiger partial charge in [0.2, 0.25) is 0 Å². The van der Waals surface area contributed by atoms with E-state index in [2.05, 4.69) is 18.2 Å². The molecule has 2 N–H and O–H groups in total. The van der Waals surface area contributed by atoms with E-state index in [9.17, 15) is 0 Å². The minimum Gasteiger partial charge on any atom is -0.379 e. The summed E-state index contributed by atoms with van der Waals surface area (Å²) in [5.41, 5.74) is 6.89. The van der Waals surface area contributed by atoms with E-state index in [0.29, 0.717) is 13.2 Å². The lowest BCUT2D eigenvalue weighted by Gasteiger charge is -1.96. The normalized spacial score (nSPS) is 11.0. The predicted octanol–water partition coefficient (Wildman–Crippen LogP) is 2.51. The maximum absolute atomic E-state index is 5.67. The fourth-order valence-electron chi connectivity index (χ4n) is 1.55. The molecule has 0 bridgehead atoms. The van der Waals surface area contributed by atoms with Crippen molar-refractivity contribution in [2.24, 2.45) is 5.73 Å². The molecule has 2 rings (SSSR count). The van der Waals surface area contributed by atoms with E-state index >= 15 is 0 Å². The van der Waals surface area contributed by atoms with Crippen LogP contribution >= 0.6 is 11.3 Å². The van der Waals surface area contributed by atoms with Gasteiger partial charge < -0.3 is 10.5 Å². The lowest BCUT2D eigenvalue weighted by molar-refractivity contribution is 0.187. The molecule has 0 amide bonds. The molecule has 0 saturated carbocycles. The Labute approximate surface area is 87.3 Å². The van der Waals surface area contributed by atoms with Crippen molar-refractivity contribution >= 4 is 21.4 Å². The van der Waals surface area contributed by atoms with E-state index < -0.39 is 0 Å². The zero-order valence-electron chi connectivity index (χ0n) is 8.12. The fourth-order valence-corrected chi connectivity index (χ4v) is 2.70. The van der Waals surface area contributed by atoms with E-state index in [1.807, 2.05) is 6.07 Å². The van der Waals surface area contributed by atoms with E-state index in [1.165, 1.54) is 20.5 Å². The van der Waals surface area contributed by atoms with Crippen LogP contribution in [-0.4, -0.2) is 7.11 Å². The van der Waals surface area contributed by atoms with Gasteiger partial charge in [0.05, 0.1) is 6.61 Å². The lowest BCUT2D eigenvalue weighted by Crippen LogP contribution is -1.95. The van der Waals surface area contributed by atoms with Crippen molar-refractivity contribution in [2.75, 3.05) is 7.11 Å². The topological polar surface area (TPSA) is 35.2 Å². The molecule has 0 aliphatic carbocycles. The first-order valence-electron chi connectivity index (χ1n) is 4.54. The highest BCUT2D eigenvalue weighted by Crippen LogP contribution is 2.28. The molecule has 0 unspecified atom stereocenters. The number of rotatable bonds is 3. The SMILES string of the molecule is COCc1cc2cccc(CN)c2s1. The molecule has 1 aromatic heterocycles. The molecule has 0 aliphatic rings. The zero-order chi connectivity index (χ0) is 9.97. The number of ether oxygens (including phenoxy) is 1. The van der Waals surface area contributed by atoms with Crippen LogP contribution in [0.2, 0.25) is 0 Å². The number of thiophene rings is 1. The third-order valence-electron chi connectivity index (χ3n) is 2.18. The van der Waals surface area contributed by atoms with Crippen LogP contribution in [0.4, 0.5) is 0 Å². The average molecular weight is 207 g/mol. The number of hydrogen-bond donors (Lipinski definition) is 1. The highest BCUT2D eigenvalue weighted by atomic mass is 32.1. The van der Waals surface area contributed by atoms with Gasteiger partial charge in [-0.25, -0.2) is 0 Å². The monoisotopic (exact) mass is 207 g/mol. The quantitative estimate of drug-likeness (QED) is 0.839. The highest BCUT2D eigenvalue weighted by Gasteiger charge is 2.04. The van der Waals surface area contributed by atoms with Crippen LogP contribution in [0.3, 0.4) is 0 Å². The molecule has 1 aromatic carbocycles. The molecule has 14 heavy (non-hydrogen) atoms. The molecular weight excluding hydrogens is 194 g/mol. The molecule has 0 fully saturated rings. The maximum Gasteiger partial charge on any atom is 0.0806 e. The number of hydrogen-bond acceptors (Lipinski definition) is 3. The molecule has 0 radical (unpaired) electrons. The van der Waals surface area contributed by atoms with Crippen LogP contribution in [0, 0.1) is 0 Å². The van der Waals surface area contributed by atoms with Crippen molar-refractivity contribution in [3.05, 3.63) is 34.7 Å². The molecular formula is C11H13NOS. The summed E-state index contributed by atoms with van der Waals surface area (Å²) >= 11 is 1.77. The van der Waals surface area contributed by atoms with Gasteiger partial charge >= 0.3 is 0 Å². The summed E-state index contributed by atoms with van der Waals surface area (Å²) < 4.78 is 6.40.